The zero-order valence-corrected chi connectivity index (χ0v) is 18.9. The summed E-state index contributed by atoms with van der Waals surface area (Å²) in [6.07, 6.45) is -4.74. The standard InChI is InChI=1S/C22H26F3N3O2S/c1-6-26-19-13-15(20(29)28-31-21(3,4)5)7-12-18(19)14(2)27-16-8-10-17(11-9-16)30-22(23,24)25/h7-13,26H,6H2,1-5H3,(H,28,29). The summed E-state index contributed by atoms with van der Waals surface area (Å²) in [6, 6.07) is 10.6. The smallest absolute Gasteiger partial charge is 0.406 e. The number of carbonyl (C=O) groups is 1. The minimum Gasteiger partial charge on any atom is -0.406 e. The highest BCUT2D eigenvalue weighted by Crippen LogP contribution is 2.27. The summed E-state index contributed by atoms with van der Waals surface area (Å²) in [4.78, 5) is 17.0. The molecule has 0 aliphatic heterocycles. The van der Waals surface area contributed by atoms with Crippen LogP contribution >= 0.6 is 11.9 Å². The van der Waals surface area contributed by atoms with Crippen LogP contribution in [0, 0.1) is 0 Å². The van der Waals surface area contributed by atoms with Gasteiger partial charge in [0.05, 0.1) is 5.69 Å². The average molecular weight is 454 g/mol. The molecule has 1 amide bonds. The van der Waals surface area contributed by atoms with Gasteiger partial charge in [-0.25, -0.2) is 0 Å². The van der Waals surface area contributed by atoms with Crippen LogP contribution in [0.3, 0.4) is 0 Å². The minimum atomic E-state index is -4.74. The summed E-state index contributed by atoms with van der Waals surface area (Å²) in [7, 11) is 0. The maximum Gasteiger partial charge on any atom is 0.573 e. The predicted molar refractivity (Wildman–Crippen MR) is 120 cm³/mol. The topological polar surface area (TPSA) is 62.7 Å². The first-order valence-corrected chi connectivity index (χ1v) is 10.5. The Morgan fingerprint density at radius 3 is 2.29 bits per heavy atom. The van der Waals surface area contributed by atoms with Crippen molar-refractivity contribution >= 4 is 34.9 Å². The summed E-state index contributed by atoms with van der Waals surface area (Å²) in [5.41, 5.74) is 3.18. The summed E-state index contributed by atoms with van der Waals surface area (Å²) >= 11 is 1.35. The van der Waals surface area contributed by atoms with E-state index in [0.717, 1.165) is 11.3 Å². The first-order valence-electron chi connectivity index (χ1n) is 9.65. The molecule has 0 aliphatic rings. The summed E-state index contributed by atoms with van der Waals surface area (Å²) in [6.45, 7) is 10.4. The number of carbonyl (C=O) groups excluding carboxylic acids is 1. The highest BCUT2D eigenvalue weighted by molar-refractivity contribution is 7.99. The molecule has 168 valence electrons. The van der Waals surface area contributed by atoms with Crippen LogP contribution < -0.4 is 14.8 Å². The Labute approximate surface area is 184 Å². The minimum absolute atomic E-state index is 0.107. The molecule has 0 unspecified atom stereocenters. The second-order valence-corrected chi connectivity index (χ2v) is 9.31. The third-order valence-corrected chi connectivity index (χ3v) is 4.76. The van der Waals surface area contributed by atoms with E-state index in [0.29, 0.717) is 23.5 Å². The fourth-order valence-corrected chi connectivity index (χ4v) is 3.09. The van der Waals surface area contributed by atoms with Crippen molar-refractivity contribution in [2.24, 2.45) is 4.99 Å². The van der Waals surface area contributed by atoms with E-state index in [1.165, 1.54) is 36.2 Å². The number of anilines is 1. The van der Waals surface area contributed by atoms with E-state index >= 15 is 0 Å². The third kappa shape index (κ3) is 8.16. The second-order valence-electron chi connectivity index (χ2n) is 7.68. The average Bonchev–Trinajstić information content (AvgIpc) is 2.66. The quantitative estimate of drug-likeness (QED) is 0.380. The number of rotatable bonds is 7. The Hall–Kier alpha value is -2.68. The number of amides is 1. The zero-order chi connectivity index (χ0) is 23.2. The lowest BCUT2D eigenvalue weighted by atomic mass is 10.0. The van der Waals surface area contributed by atoms with E-state index in [-0.39, 0.29) is 16.4 Å². The number of hydrogen-bond acceptors (Lipinski definition) is 5. The Morgan fingerprint density at radius 1 is 1.10 bits per heavy atom. The molecule has 0 spiro atoms. The Balaban J connectivity index is 2.24. The van der Waals surface area contributed by atoms with Gasteiger partial charge in [-0.3, -0.25) is 14.5 Å². The highest BCUT2D eigenvalue weighted by atomic mass is 32.2. The molecule has 31 heavy (non-hydrogen) atoms. The molecule has 0 fully saturated rings. The Morgan fingerprint density at radius 2 is 1.74 bits per heavy atom. The van der Waals surface area contributed by atoms with Gasteiger partial charge in [0.2, 0.25) is 0 Å². The number of halogens is 3. The molecule has 5 nitrogen and oxygen atoms in total. The number of nitrogens with zero attached hydrogens (tertiary/aromatic N) is 1. The van der Waals surface area contributed by atoms with Crippen molar-refractivity contribution < 1.29 is 22.7 Å². The first kappa shape index (κ1) is 24.6. The van der Waals surface area contributed by atoms with E-state index in [4.69, 9.17) is 0 Å². The number of ether oxygens (including phenoxy) is 1. The number of nitrogens with one attached hydrogen (secondary N) is 2. The molecule has 9 heteroatoms. The van der Waals surface area contributed by atoms with Crippen molar-refractivity contribution in [3.05, 3.63) is 53.6 Å². The van der Waals surface area contributed by atoms with E-state index in [2.05, 4.69) is 19.8 Å². The van der Waals surface area contributed by atoms with E-state index < -0.39 is 6.36 Å². The van der Waals surface area contributed by atoms with Crippen LogP contribution in [-0.2, 0) is 0 Å². The lowest BCUT2D eigenvalue weighted by Gasteiger charge is -2.18. The molecule has 0 bridgehead atoms. The number of aliphatic imine (C=N–C) groups is 1. The van der Waals surface area contributed by atoms with Crippen molar-refractivity contribution in [1.29, 1.82) is 0 Å². The highest BCUT2D eigenvalue weighted by Gasteiger charge is 2.30. The molecule has 2 aromatic rings. The Bertz CT molecular complexity index is 936. The van der Waals surface area contributed by atoms with Gasteiger partial charge in [-0.05, 0) is 83.0 Å². The van der Waals surface area contributed by atoms with Crippen LogP contribution in [0.2, 0.25) is 0 Å². The molecular formula is C22H26F3N3O2S. The van der Waals surface area contributed by atoms with Gasteiger partial charge in [0.15, 0.2) is 0 Å². The third-order valence-electron chi connectivity index (χ3n) is 3.86. The van der Waals surface area contributed by atoms with Crippen molar-refractivity contribution in [3.8, 4) is 5.75 Å². The molecule has 0 aliphatic carbocycles. The monoisotopic (exact) mass is 453 g/mol. The number of alkyl halides is 3. The predicted octanol–water partition coefficient (Wildman–Crippen LogP) is 6.33. The lowest BCUT2D eigenvalue weighted by Crippen LogP contribution is -2.23. The second kappa shape index (κ2) is 10.1. The molecule has 0 heterocycles. The van der Waals surface area contributed by atoms with Crippen molar-refractivity contribution in [2.45, 2.75) is 45.7 Å². The summed E-state index contributed by atoms with van der Waals surface area (Å²) in [5.74, 6) is -0.499. The fraction of sp³-hybridized carbons (Fsp3) is 0.364. The Kier molecular flexibility index (Phi) is 8.00. The van der Waals surface area contributed by atoms with E-state index in [1.54, 1.807) is 25.1 Å². The van der Waals surface area contributed by atoms with Crippen LogP contribution in [0.4, 0.5) is 24.5 Å². The van der Waals surface area contributed by atoms with Crippen LogP contribution in [0.1, 0.15) is 50.5 Å². The van der Waals surface area contributed by atoms with Gasteiger partial charge in [0.1, 0.15) is 5.75 Å². The lowest BCUT2D eigenvalue weighted by molar-refractivity contribution is -0.274. The number of benzene rings is 2. The van der Waals surface area contributed by atoms with Crippen molar-refractivity contribution in [2.75, 3.05) is 11.9 Å². The van der Waals surface area contributed by atoms with Crippen LogP contribution in [0.15, 0.2) is 47.5 Å². The molecule has 0 atom stereocenters. The normalized spacial score (nSPS) is 12.5. The largest absolute Gasteiger partial charge is 0.573 e. The SMILES string of the molecule is CCNc1cc(C(=O)NSC(C)(C)C)ccc1C(C)=Nc1ccc(OC(F)(F)F)cc1. The van der Waals surface area contributed by atoms with Gasteiger partial charge in [-0.1, -0.05) is 6.07 Å². The van der Waals surface area contributed by atoms with Gasteiger partial charge < -0.3 is 10.1 Å². The molecule has 0 aromatic heterocycles. The van der Waals surface area contributed by atoms with Crippen molar-refractivity contribution in [1.82, 2.24) is 4.72 Å². The summed E-state index contributed by atoms with van der Waals surface area (Å²) < 4.78 is 43.5. The number of hydrogen-bond donors (Lipinski definition) is 2. The van der Waals surface area contributed by atoms with Crippen LogP contribution in [0.5, 0.6) is 5.75 Å². The van der Waals surface area contributed by atoms with E-state index in [1.807, 2.05) is 27.7 Å². The van der Waals surface area contributed by atoms with Gasteiger partial charge in [0, 0.05) is 33.8 Å². The molecular weight excluding hydrogens is 427 g/mol. The molecule has 2 rings (SSSR count). The molecule has 0 saturated carbocycles. The van der Waals surface area contributed by atoms with Gasteiger partial charge in [-0.2, -0.15) is 0 Å². The maximum atomic E-state index is 12.5. The summed E-state index contributed by atoms with van der Waals surface area (Å²) in [5, 5.41) is 3.23. The molecule has 0 saturated heterocycles. The van der Waals surface area contributed by atoms with Crippen LogP contribution in [-0.4, -0.2) is 29.3 Å². The zero-order valence-electron chi connectivity index (χ0n) is 18.1. The molecule has 0 radical (unpaired) electrons. The molecule has 2 aromatic carbocycles. The maximum absolute atomic E-state index is 12.5. The van der Waals surface area contributed by atoms with Crippen molar-refractivity contribution in [3.63, 3.8) is 0 Å². The first-order chi connectivity index (χ1) is 14.4. The van der Waals surface area contributed by atoms with Gasteiger partial charge >= 0.3 is 6.36 Å². The van der Waals surface area contributed by atoms with E-state index in [9.17, 15) is 18.0 Å². The fourth-order valence-electron chi connectivity index (χ4n) is 2.57. The van der Waals surface area contributed by atoms with Gasteiger partial charge in [0.25, 0.3) is 5.91 Å². The van der Waals surface area contributed by atoms with Gasteiger partial charge in [-0.15, -0.1) is 13.2 Å². The van der Waals surface area contributed by atoms with Crippen LogP contribution in [0.25, 0.3) is 0 Å². The molecule has 2 N–H and O–H groups in total.